The van der Waals surface area contributed by atoms with Gasteiger partial charge in [0, 0.05) is 18.0 Å². The molecular weight excluding hydrogens is 268 g/mol. The van der Waals surface area contributed by atoms with Crippen LogP contribution in [0.15, 0.2) is 36.5 Å². The molecule has 0 amide bonds. The van der Waals surface area contributed by atoms with Crippen molar-refractivity contribution in [1.29, 1.82) is 0 Å². The van der Waals surface area contributed by atoms with E-state index in [9.17, 15) is 4.79 Å². The van der Waals surface area contributed by atoms with Gasteiger partial charge in [-0.1, -0.05) is 11.6 Å². The summed E-state index contributed by atoms with van der Waals surface area (Å²) in [6.45, 7) is 0. The average molecular weight is 279 g/mol. The predicted molar refractivity (Wildman–Crippen MR) is 71.5 cm³/mol. The summed E-state index contributed by atoms with van der Waals surface area (Å²) in [6.07, 6.45) is 1.45. The number of nitrogens with zero attached hydrogens (tertiary/aromatic N) is 1. The van der Waals surface area contributed by atoms with Gasteiger partial charge in [-0.2, -0.15) is 0 Å². The molecule has 0 aliphatic heterocycles. The van der Waals surface area contributed by atoms with Gasteiger partial charge in [0.15, 0.2) is 5.69 Å². The highest BCUT2D eigenvalue weighted by molar-refractivity contribution is 6.32. The first-order valence-electron chi connectivity index (χ1n) is 5.37. The van der Waals surface area contributed by atoms with Gasteiger partial charge in [0.25, 0.3) is 0 Å². The summed E-state index contributed by atoms with van der Waals surface area (Å²) >= 11 is 6.00. The average Bonchev–Trinajstić information content (AvgIpc) is 2.41. The number of carbonyl (C=O) groups excluding carboxylic acids is 1. The maximum atomic E-state index is 11.3. The van der Waals surface area contributed by atoms with E-state index in [2.05, 4.69) is 9.72 Å². The Kier molecular flexibility index (Phi) is 3.87. The zero-order valence-electron chi connectivity index (χ0n) is 10.1. The van der Waals surface area contributed by atoms with E-state index in [4.69, 9.17) is 22.1 Å². The smallest absolute Gasteiger partial charge is 0.356 e. The molecule has 0 fully saturated rings. The van der Waals surface area contributed by atoms with E-state index < -0.39 is 5.97 Å². The Morgan fingerprint density at radius 2 is 2.11 bits per heavy atom. The Balaban J connectivity index is 2.26. The number of methoxy groups -OCH3 is 1. The minimum Gasteiger partial charge on any atom is -0.464 e. The number of nitrogen functional groups attached to an aromatic ring is 1. The number of esters is 1. The maximum Gasteiger partial charge on any atom is 0.356 e. The van der Waals surface area contributed by atoms with Crippen LogP contribution in [0.4, 0.5) is 5.69 Å². The number of benzene rings is 1. The molecule has 19 heavy (non-hydrogen) atoms. The summed E-state index contributed by atoms with van der Waals surface area (Å²) in [5.41, 5.74) is 6.29. The van der Waals surface area contributed by atoms with E-state index in [-0.39, 0.29) is 5.69 Å². The minimum atomic E-state index is -0.533. The first kappa shape index (κ1) is 13.2. The lowest BCUT2D eigenvalue weighted by Crippen LogP contribution is -2.03. The minimum absolute atomic E-state index is 0.159. The van der Waals surface area contributed by atoms with Gasteiger partial charge in [-0.25, -0.2) is 9.78 Å². The number of rotatable bonds is 3. The molecule has 0 saturated heterocycles. The van der Waals surface area contributed by atoms with E-state index in [1.54, 1.807) is 24.3 Å². The number of nitrogens with two attached hydrogens (primary N) is 1. The quantitative estimate of drug-likeness (QED) is 0.690. The summed E-state index contributed by atoms with van der Waals surface area (Å²) in [4.78, 5) is 15.2. The fraction of sp³-hybridized carbons (Fsp3) is 0.0769. The van der Waals surface area contributed by atoms with Crippen molar-refractivity contribution in [3.63, 3.8) is 0 Å². The molecule has 0 aliphatic rings. The highest BCUT2D eigenvalue weighted by Gasteiger charge is 2.09. The Morgan fingerprint density at radius 3 is 2.79 bits per heavy atom. The number of aromatic nitrogens is 1. The van der Waals surface area contributed by atoms with Gasteiger partial charge in [-0.15, -0.1) is 0 Å². The van der Waals surface area contributed by atoms with Gasteiger partial charge in [-0.3, -0.25) is 0 Å². The second-order valence-corrected chi connectivity index (χ2v) is 4.07. The van der Waals surface area contributed by atoms with Gasteiger partial charge in [0.05, 0.1) is 12.1 Å². The molecule has 0 unspecified atom stereocenters. The molecule has 5 nitrogen and oxygen atoms in total. The normalized spacial score (nSPS) is 10.0. The first-order valence-corrected chi connectivity index (χ1v) is 5.75. The third-order valence-corrected chi connectivity index (χ3v) is 2.61. The van der Waals surface area contributed by atoms with Crippen LogP contribution in [0, 0.1) is 0 Å². The third kappa shape index (κ3) is 3.14. The molecule has 1 heterocycles. The van der Waals surface area contributed by atoms with E-state index in [1.165, 1.54) is 19.4 Å². The Morgan fingerprint density at radius 1 is 1.32 bits per heavy atom. The SMILES string of the molecule is COC(=O)c1cc(Oc2ccc(N)cc2Cl)ccn1. The van der Waals surface area contributed by atoms with Gasteiger partial charge in [-0.05, 0) is 24.3 Å². The summed E-state index contributed by atoms with van der Waals surface area (Å²) in [7, 11) is 1.29. The van der Waals surface area contributed by atoms with Crippen LogP contribution in [0.3, 0.4) is 0 Å². The first-order chi connectivity index (χ1) is 9.10. The summed E-state index contributed by atoms with van der Waals surface area (Å²) in [6, 6.07) is 7.98. The van der Waals surface area contributed by atoms with Crippen LogP contribution in [0.1, 0.15) is 10.5 Å². The van der Waals surface area contributed by atoms with Gasteiger partial charge >= 0.3 is 5.97 Å². The van der Waals surface area contributed by atoms with Crippen LogP contribution in [0.2, 0.25) is 5.02 Å². The third-order valence-electron chi connectivity index (χ3n) is 2.31. The molecule has 2 rings (SSSR count). The lowest BCUT2D eigenvalue weighted by Gasteiger charge is -2.08. The van der Waals surface area contributed by atoms with Crippen molar-refractivity contribution in [2.24, 2.45) is 0 Å². The molecule has 0 aliphatic carbocycles. The molecule has 2 N–H and O–H groups in total. The molecule has 6 heteroatoms. The Labute approximate surface area is 114 Å². The van der Waals surface area contributed by atoms with Crippen molar-refractivity contribution in [3.8, 4) is 11.5 Å². The van der Waals surface area contributed by atoms with Crippen molar-refractivity contribution in [2.45, 2.75) is 0 Å². The second kappa shape index (κ2) is 5.58. The largest absolute Gasteiger partial charge is 0.464 e. The molecule has 1 aromatic carbocycles. The van der Waals surface area contributed by atoms with Crippen LogP contribution in [-0.4, -0.2) is 18.1 Å². The number of carbonyl (C=O) groups is 1. The molecule has 0 saturated carbocycles. The molecule has 0 atom stereocenters. The fourth-order valence-corrected chi connectivity index (χ4v) is 1.65. The number of anilines is 1. The summed E-state index contributed by atoms with van der Waals surface area (Å²) < 4.78 is 10.1. The number of hydrogen-bond donors (Lipinski definition) is 1. The molecule has 1 aromatic heterocycles. The lowest BCUT2D eigenvalue weighted by molar-refractivity contribution is 0.0593. The van der Waals surface area contributed by atoms with E-state index in [1.807, 2.05) is 0 Å². The fourth-order valence-electron chi connectivity index (χ4n) is 1.42. The van der Waals surface area contributed by atoms with Crippen molar-refractivity contribution in [2.75, 3.05) is 12.8 Å². The van der Waals surface area contributed by atoms with Gasteiger partial charge in [0.1, 0.15) is 11.5 Å². The number of halogens is 1. The van der Waals surface area contributed by atoms with Gasteiger partial charge in [0.2, 0.25) is 0 Å². The monoisotopic (exact) mass is 278 g/mol. The highest BCUT2D eigenvalue weighted by Crippen LogP contribution is 2.30. The van der Waals surface area contributed by atoms with Crippen molar-refractivity contribution < 1.29 is 14.3 Å². The number of ether oxygens (including phenoxy) is 2. The van der Waals surface area contributed by atoms with Crippen LogP contribution in [-0.2, 0) is 4.74 Å². The Bertz CT molecular complexity index is 617. The van der Waals surface area contributed by atoms with Crippen molar-refractivity contribution >= 4 is 23.3 Å². The number of pyridine rings is 1. The zero-order chi connectivity index (χ0) is 13.8. The Hall–Kier alpha value is -2.27. The molecule has 0 spiro atoms. The van der Waals surface area contributed by atoms with Crippen molar-refractivity contribution in [3.05, 3.63) is 47.2 Å². The van der Waals surface area contributed by atoms with Gasteiger partial charge < -0.3 is 15.2 Å². The molecular formula is C13H11ClN2O3. The summed E-state index contributed by atoms with van der Waals surface area (Å²) in [5.74, 6) is 0.341. The molecule has 0 radical (unpaired) electrons. The van der Waals surface area contributed by atoms with E-state index in [0.29, 0.717) is 22.2 Å². The van der Waals surface area contributed by atoms with Crippen LogP contribution in [0.25, 0.3) is 0 Å². The van der Waals surface area contributed by atoms with Crippen molar-refractivity contribution in [1.82, 2.24) is 4.98 Å². The second-order valence-electron chi connectivity index (χ2n) is 3.66. The molecule has 98 valence electrons. The zero-order valence-corrected chi connectivity index (χ0v) is 10.8. The maximum absolute atomic E-state index is 11.3. The highest BCUT2D eigenvalue weighted by atomic mass is 35.5. The summed E-state index contributed by atoms with van der Waals surface area (Å²) in [5, 5.41) is 0.386. The molecule has 2 aromatic rings. The molecule has 0 bridgehead atoms. The van der Waals surface area contributed by atoms with Crippen LogP contribution >= 0.6 is 11.6 Å². The van der Waals surface area contributed by atoms with Crippen LogP contribution < -0.4 is 10.5 Å². The predicted octanol–water partition coefficient (Wildman–Crippen LogP) is 2.90. The van der Waals surface area contributed by atoms with Crippen LogP contribution in [0.5, 0.6) is 11.5 Å². The standard InChI is InChI=1S/C13H11ClN2O3/c1-18-13(17)11-7-9(4-5-16-11)19-12-3-2-8(15)6-10(12)14/h2-7H,15H2,1H3. The number of hydrogen-bond acceptors (Lipinski definition) is 5. The van der Waals surface area contributed by atoms with E-state index >= 15 is 0 Å². The topological polar surface area (TPSA) is 74.4 Å². The van der Waals surface area contributed by atoms with E-state index in [0.717, 1.165) is 0 Å². The lowest BCUT2D eigenvalue weighted by atomic mass is 10.3.